The molecular formula is C5H6N2O2. The molecule has 0 spiro atoms. The number of hydrogen-bond donors (Lipinski definition) is 2. The lowest BCUT2D eigenvalue weighted by atomic mass is 10.3. The van der Waals surface area contributed by atoms with Gasteiger partial charge in [-0.2, -0.15) is 0 Å². The second kappa shape index (κ2) is 2.76. The van der Waals surface area contributed by atoms with E-state index in [4.69, 9.17) is 5.21 Å². The first-order valence-electron chi connectivity index (χ1n) is 2.39. The Morgan fingerprint density at radius 2 is 2.67 bits per heavy atom. The van der Waals surface area contributed by atoms with E-state index in [1.165, 1.54) is 12.5 Å². The van der Waals surface area contributed by atoms with Crippen molar-refractivity contribution < 1.29 is 10.0 Å². The molecule has 4 heteroatoms. The normalized spacial score (nSPS) is 16.7. The second-order valence-electron chi connectivity index (χ2n) is 1.43. The lowest BCUT2D eigenvalue weighted by Gasteiger charge is -2.03. The van der Waals surface area contributed by atoms with E-state index in [2.05, 4.69) is 15.5 Å². The molecule has 2 N–H and O–H groups in total. The van der Waals surface area contributed by atoms with E-state index in [1.807, 2.05) is 0 Å². The molecule has 9 heavy (non-hydrogen) atoms. The maximum absolute atomic E-state index is 8.04. The van der Waals surface area contributed by atoms with E-state index in [0.717, 1.165) is 5.57 Å². The van der Waals surface area contributed by atoms with Crippen LogP contribution < -0.4 is 5.48 Å². The van der Waals surface area contributed by atoms with Gasteiger partial charge < -0.3 is 10.0 Å². The van der Waals surface area contributed by atoms with Crippen LogP contribution in [0.4, 0.5) is 0 Å². The van der Waals surface area contributed by atoms with E-state index in [1.54, 1.807) is 12.3 Å². The molecule has 0 aromatic heterocycles. The molecule has 0 atom stereocenters. The Bertz CT molecular complexity index is 168. The van der Waals surface area contributed by atoms with Gasteiger partial charge in [0.1, 0.15) is 6.26 Å². The molecule has 0 radical (unpaired) electrons. The van der Waals surface area contributed by atoms with Crippen molar-refractivity contribution in [2.24, 2.45) is 5.16 Å². The van der Waals surface area contributed by atoms with E-state index in [0.29, 0.717) is 0 Å². The number of nitrogens with one attached hydrogen (secondary N) is 1. The Morgan fingerprint density at radius 1 is 1.78 bits per heavy atom. The van der Waals surface area contributed by atoms with Gasteiger partial charge in [-0.05, 0) is 6.08 Å². The first-order chi connectivity index (χ1) is 4.43. The fourth-order valence-corrected chi connectivity index (χ4v) is 0.449. The molecule has 4 nitrogen and oxygen atoms in total. The van der Waals surface area contributed by atoms with Gasteiger partial charge in [-0.3, -0.25) is 0 Å². The third-order valence-corrected chi connectivity index (χ3v) is 0.829. The minimum absolute atomic E-state index is 0.753. The molecule has 0 bridgehead atoms. The number of oxime groups is 1. The first kappa shape index (κ1) is 5.68. The Kier molecular flexibility index (Phi) is 1.74. The molecule has 1 aliphatic heterocycles. The second-order valence-corrected chi connectivity index (χ2v) is 1.43. The smallest absolute Gasteiger partial charge is 0.119 e. The summed E-state index contributed by atoms with van der Waals surface area (Å²) in [5.41, 5.74) is 3.22. The van der Waals surface area contributed by atoms with Crippen LogP contribution in [-0.4, -0.2) is 11.4 Å². The predicted octanol–water partition coefficient (Wildman–Crippen LogP) is 0.379. The molecule has 0 aliphatic carbocycles. The fraction of sp³-hybridized carbons (Fsp3) is 0. The Balaban J connectivity index is 2.58. The lowest BCUT2D eigenvalue weighted by molar-refractivity contribution is 0.171. The Hall–Kier alpha value is -1.45. The fourth-order valence-electron chi connectivity index (χ4n) is 0.449. The third kappa shape index (κ3) is 1.49. The van der Waals surface area contributed by atoms with Crippen LogP contribution in [0, 0.1) is 0 Å². The maximum Gasteiger partial charge on any atom is 0.119 e. The molecule has 0 fully saturated rings. The van der Waals surface area contributed by atoms with Gasteiger partial charge in [-0.25, -0.2) is 5.48 Å². The number of hydroxylamine groups is 1. The van der Waals surface area contributed by atoms with Crippen LogP contribution in [-0.2, 0) is 4.84 Å². The zero-order valence-corrected chi connectivity index (χ0v) is 4.61. The zero-order chi connectivity index (χ0) is 6.53. The van der Waals surface area contributed by atoms with Crippen LogP contribution >= 0.6 is 0 Å². The van der Waals surface area contributed by atoms with Crippen molar-refractivity contribution >= 4 is 6.21 Å². The highest BCUT2D eigenvalue weighted by Crippen LogP contribution is 1.95. The quantitative estimate of drug-likeness (QED) is 0.303. The minimum Gasteiger partial charge on any atom is -0.411 e. The van der Waals surface area contributed by atoms with Crippen molar-refractivity contribution in [3.05, 3.63) is 24.1 Å². The van der Waals surface area contributed by atoms with Crippen LogP contribution in [0.25, 0.3) is 0 Å². The van der Waals surface area contributed by atoms with Crippen LogP contribution in [0.1, 0.15) is 0 Å². The molecule has 1 heterocycles. The molecule has 0 aromatic rings. The van der Waals surface area contributed by atoms with Crippen molar-refractivity contribution in [1.29, 1.82) is 0 Å². The molecule has 1 rings (SSSR count). The molecule has 0 unspecified atom stereocenters. The summed E-state index contributed by atoms with van der Waals surface area (Å²) in [7, 11) is 0. The summed E-state index contributed by atoms with van der Waals surface area (Å²) >= 11 is 0. The molecule has 0 aromatic carbocycles. The Morgan fingerprint density at radius 3 is 3.22 bits per heavy atom. The molecule has 1 aliphatic rings. The van der Waals surface area contributed by atoms with Crippen molar-refractivity contribution in [2.75, 3.05) is 0 Å². The highest BCUT2D eigenvalue weighted by Gasteiger charge is 1.90. The summed E-state index contributed by atoms with van der Waals surface area (Å²) < 4.78 is 0. The molecule has 0 saturated heterocycles. The predicted molar refractivity (Wildman–Crippen MR) is 31.7 cm³/mol. The van der Waals surface area contributed by atoms with Gasteiger partial charge in [-0.1, -0.05) is 5.16 Å². The van der Waals surface area contributed by atoms with Gasteiger partial charge in [0.25, 0.3) is 0 Å². The maximum atomic E-state index is 8.04. The van der Waals surface area contributed by atoms with E-state index < -0.39 is 0 Å². The number of rotatable bonds is 1. The first-order valence-corrected chi connectivity index (χ1v) is 2.39. The van der Waals surface area contributed by atoms with Crippen LogP contribution in [0.2, 0.25) is 0 Å². The van der Waals surface area contributed by atoms with Gasteiger partial charge in [0, 0.05) is 11.8 Å². The van der Waals surface area contributed by atoms with Gasteiger partial charge in [0.05, 0.1) is 6.21 Å². The van der Waals surface area contributed by atoms with Crippen molar-refractivity contribution in [3.8, 4) is 0 Å². The topological polar surface area (TPSA) is 53.9 Å². The average molecular weight is 126 g/mol. The van der Waals surface area contributed by atoms with E-state index in [-0.39, 0.29) is 0 Å². The third-order valence-electron chi connectivity index (χ3n) is 0.829. The van der Waals surface area contributed by atoms with Crippen molar-refractivity contribution in [1.82, 2.24) is 5.48 Å². The number of nitrogens with zero attached hydrogens (tertiary/aromatic N) is 1. The van der Waals surface area contributed by atoms with Gasteiger partial charge in [0.2, 0.25) is 0 Å². The largest absolute Gasteiger partial charge is 0.411 e. The van der Waals surface area contributed by atoms with Crippen LogP contribution in [0.3, 0.4) is 0 Å². The summed E-state index contributed by atoms with van der Waals surface area (Å²) in [6.45, 7) is 0. The van der Waals surface area contributed by atoms with E-state index >= 15 is 0 Å². The molecular weight excluding hydrogens is 120 g/mol. The van der Waals surface area contributed by atoms with Crippen molar-refractivity contribution in [3.63, 3.8) is 0 Å². The van der Waals surface area contributed by atoms with Crippen LogP contribution in [0.5, 0.6) is 0 Å². The van der Waals surface area contributed by atoms with Crippen LogP contribution in [0.15, 0.2) is 29.3 Å². The SMILES string of the molecule is ON=CC1=CNOC=C1. The number of allylic oxidation sites excluding steroid dienone is 2. The summed E-state index contributed by atoms with van der Waals surface area (Å²) in [5, 5.41) is 10.9. The lowest BCUT2D eigenvalue weighted by Crippen LogP contribution is -2.06. The molecule has 0 amide bonds. The average Bonchev–Trinajstić information content (AvgIpc) is 1.91. The van der Waals surface area contributed by atoms with Crippen molar-refractivity contribution in [2.45, 2.75) is 0 Å². The highest BCUT2D eigenvalue weighted by atomic mass is 16.6. The summed E-state index contributed by atoms with van der Waals surface area (Å²) in [4.78, 5) is 4.60. The zero-order valence-electron chi connectivity index (χ0n) is 4.61. The van der Waals surface area contributed by atoms with Gasteiger partial charge >= 0.3 is 0 Å². The summed E-state index contributed by atoms with van der Waals surface area (Å²) in [6.07, 6.45) is 5.99. The Labute approximate surface area is 52.1 Å². The molecule has 48 valence electrons. The standard InChI is InChI=1S/C5H6N2O2/c8-6-3-5-1-2-9-7-4-5/h1-4,7-8H. The summed E-state index contributed by atoms with van der Waals surface area (Å²) in [6, 6.07) is 0. The van der Waals surface area contributed by atoms with Gasteiger partial charge in [-0.15, -0.1) is 0 Å². The highest BCUT2D eigenvalue weighted by molar-refractivity contribution is 5.81. The summed E-state index contributed by atoms with van der Waals surface area (Å²) in [5.74, 6) is 0. The van der Waals surface area contributed by atoms with E-state index in [9.17, 15) is 0 Å². The minimum atomic E-state index is 0.753. The number of hydrogen-bond acceptors (Lipinski definition) is 4. The monoisotopic (exact) mass is 126 g/mol. The van der Waals surface area contributed by atoms with Gasteiger partial charge in [0.15, 0.2) is 0 Å². The molecule has 0 saturated carbocycles.